The molecular formula is C15H13N3O. The van der Waals surface area contributed by atoms with E-state index in [1.54, 1.807) is 6.07 Å². The van der Waals surface area contributed by atoms with E-state index < -0.39 is 0 Å². The lowest BCUT2D eigenvalue weighted by Gasteiger charge is -2.02. The molecule has 0 unspecified atom stereocenters. The van der Waals surface area contributed by atoms with Gasteiger partial charge in [-0.2, -0.15) is 0 Å². The Morgan fingerprint density at radius 2 is 1.95 bits per heavy atom. The zero-order valence-corrected chi connectivity index (χ0v) is 10.3. The summed E-state index contributed by atoms with van der Waals surface area (Å²) in [5.41, 5.74) is 7.50. The molecule has 3 aromatic rings. The number of hydrogen-bond acceptors (Lipinski definition) is 4. The normalized spacial score (nSPS) is 14.9. The minimum atomic E-state index is 0.478. The van der Waals surface area contributed by atoms with Crippen molar-refractivity contribution in [3.8, 4) is 11.5 Å². The predicted octanol–water partition coefficient (Wildman–Crippen LogP) is 3.35. The molecular weight excluding hydrogens is 238 g/mol. The summed E-state index contributed by atoms with van der Waals surface area (Å²) in [7, 11) is 0. The highest BCUT2D eigenvalue weighted by atomic mass is 16.3. The molecule has 0 radical (unpaired) electrons. The van der Waals surface area contributed by atoms with Gasteiger partial charge in [-0.05, 0) is 25.0 Å². The van der Waals surface area contributed by atoms with Gasteiger partial charge in [0.15, 0.2) is 5.76 Å². The lowest BCUT2D eigenvalue weighted by atomic mass is 10.2. The first-order valence-electron chi connectivity index (χ1n) is 6.43. The molecule has 0 aliphatic heterocycles. The van der Waals surface area contributed by atoms with Gasteiger partial charge in [-0.25, -0.2) is 9.97 Å². The molecule has 19 heavy (non-hydrogen) atoms. The highest BCUT2D eigenvalue weighted by Gasteiger charge is 2.27. The van der Waals surface area contributed by atoms with Crippen LogP contribution in [0.3, 0.4) is 0 Å². The fourth-order valence-electron chi connectivity index (χ4n) is 2.24. The summed E-state index contributed by atoms with van der Waals surface area (Å²) in [4.78, 5) is 8.88. The Kier molecular flexibility index (Phi) is 2.12. The van der Waals surface area contributed by atoms with Crippen molar-refractivity contribution in [1.82, 2.24) is 9.97 Å². The third kappa shape index (κ3) is 1.85. The Morgan fingerprint density at radius 3 is 2.74 bits per heavy atom. The number of fused-ring (bicyclic) bond motifs is 1. The molecule has 1 aromatic carbocycles. The Hall–Kier alpha value is -2.36. The molecule has 1 aliphatic carbocycles. The minimum absolute atomic E-state index is 0.478. The Bertz CT molecular complexity index is 726. The number of aromatic nitrogens is 2. The Morgan fingerprint density at radius 1 is 1.11 bits per heavy atom. The predicted molar refractivity (Wildman–Crippen MR) is 73.6 cm³/mol. The van der Waals surface area contributed by atoms with Crippen LogP contribution in [0.4, 0.5) is 5.82 Å². The number of para-hydroxylation sites is 1. The molecule has 0 bridgehead atoms. The summed E-state index contributed by atoms with van der Waals surface area (Å²) in [5, 5.41) is 1.07. The third-order valence-corrected chi connectivity index (χ3v) is 3.38. The molecule has 0 amide bonds. The smallest absolute Gasteiger partial charge is 0.154 e. The van der Waals surface area contributed by atoms with E-state index >= 15 is 0 Å². The average Bonchev–Trinajstić information content (AvgIpc) is 3.17. The maximum Gasteiger partial charge on any atom is 0.154 e. The van der Waals surface area contributed by atoms with Crippen LogP contribution in [0.1, 0.15) is 24.6 Å². The molecule has 0 saturated heterocycles. The SMILES string of the molecule is Nc1cc(-c2cc3ccccc3o2)nc(C2CC2)n1. The fourth-order valence-corrected chi connectivity index (χ4v) is 2.24. The van der Waals surface area contributed by atoms with Crippen LogP contribution in [0.2, 0.25) is 0 Å². The molecule has 1 aliphatic rings. The summed E-state index contributed by atoms with van der Waals surface area (Å²) in [6.07, 6.45) is 2.31. The van der Waals surface area contributed by atoms with Crippen LogP contribution in [-0.4, -0.2) is 9.97 Å². The van der Waals surface area contributed by atoms with Crippen LogP contribution in [0, 0.1) is 0 Å². The van der Waals surface area contributed by atoms with Gasteiger partial charge < -0.3 is 10.2 Å². The molecule has 4 rings (SSSR count). The van der Waals surface area contributed by atoms with Gasteiger partial charge >= 0.3 is 0 Å². The van der Waals surface area contributed by atoms with Crippen molar-refractivity contribution < 1.29 is 4.42 Å². The molecule has 1 fully saturated rings. The van der Waals surface area contributed by atoms with Gasteiger partial charge in [0.25, 0.3) is 0 Å². The van der Waals surface area contributed by atoms with Gasteiger partial charge in [-0.1, -0.05) is 18.2 Å². The van der Waals surface area contributed by atoms with Crippen molar-refractivity contribution in [3.63, 3.8) is 0 Å². The van der Waals surface area contributed by atoms with E-state index in [-0.39, 0.29) is 0 Å². The standard InChI is InChI=1S/C15H13N3O/c16-14-8-11(17-15(18-14)9-5-6-9)13-7-10-3-1-2-4-12(10)19-13/h1-4,7-9H,5-6H2,(H2,16,17,18). The second-order valence-electron chi connectivity index (χ2n) is 4.96. The van der Waals surface area contributed by atoms with Gasteiger partial charge in [0.2, 0.25) is 0 Å². The maximum atomic E-state index is 5.86. The molecule has 2 aromatic heterocycles. The first-order valence-corrected chi connectivity index (χ1v) is 6.43. The minimum Gasteiger partial charge on any atom is -0.454 e. The van der Waals surface area contributed by atoms with Crippen LogP contribution in [-0.2, 0) is 0 Å². The number of nitrogens with two attached hydrogens (primary N) is 1. The van der Waals surface area contributed by atoms with E-state index in [0.29, 0.717) is 11.7 Å². The summed E-state index contributed by atoms with van der Waals surface area (Å²) in [6.45, 7) is 0. The highest BCUT2D eigenvalue weighted by molar-refractivity contribution is 5.82. The number of nitrogen functional groups attached to an aromatic ring is 1. The summed E-state index contributed by atoms with van der Waals surface area (Å²) < 4.78 is 5.82. The van der Waals surface area contributed by atoms with Crippen molar-refractivity contribution in [2.24, 2.45) is 0 Å². The first kappa shape index (κ1) is 10.6. The maximum absolute atomic E-state index is 5.86. The number of anilines is 1. The molecule has 4 heteroatoms. The van der Waals surface area contributed by atoms with Crippen LogP contribution >= 0.6 is 0 Å². The van der Waals surface area contributed by atoms with Gasteiger partial charge in [0, 0.05) is 17.4 Å². The van der Waals surface area contributed by atoms with E-state index in [9.17, 15) is 0 Å². The molecule has 94 valence electrons. The van der Waals surface area contributed by atoms with Crippen molar-refractivity contribution in [2.45, 2.75) is 18.8 Å². The van der Waals surface area contributed by atoms with Gasteiger partial charge in [0.05, 0.1) is 0 Å². The topological polar surface area (TPSA) is 64.9 Å². The number of hydrogen-bond donors (Lipinski definition) is 1. The number of furan rings is 1. The van der Waals surface area contributed by atoms with E-state index in [4.69, 9.17) is 10.2 Å². The quantitative estimate of drug-likeness (QED) is 0.758. The van der Waals surface area contributed by atoms with Crippen LogP contribution in [0.5, 0.6) is 0 Å². The molecule has 4 nitrogen and oxygen atoms in total. The molecule has 2 heterocycles. The van der Waals surface area contributed by atoms with Crippen molar-refractivity contribution >= 4 is 16.8 Å². The fraction of sp³-hybridized carbons (Fsp3) is 0.200. The number of rotatable bonds is 2. The van der Waals surface area contributed by atoms with E-state index in [1.807, 2.05) is 30.3 Å². The highest BCUT2D eigenvalue weighted by Crippen LogP contribution is 2.39. The zero-order chi connectivity index (χ0) is 12.8. The van der Waals surface area contributed by atoms with Crippen molar-refractivity contribution in [3.05, 3.63) is 42.2 Å². The van der Waals surface area contributed by atoms with Gasteiger partial charge in [-0.15, -0.1) is 0 Å². The zero-order valence-electron chi connectivity index (χ0n) is 10.3. The van der Waals surface area contributed by atoms with Crippen LogP contribution < -0.4 is 5.73 Å². The number of nitrogens with zero attached hydrogens (tertiary/aromatic N) is 2. The van der Waals surface area contributed by atoms with E-state index in [1.165, 1.54) is 0 Å². The first-order chi connectivity index (χ1) is 9.29. The molecule has 0 spiro atoms. The average molecular weight is 251 g/mol. The monoisotopic (exact) mass is 251 g/mol. The second-order valence-corrected chi connectivity index (χ2v) is 4.96. The van der Waals surface area contributed by atoms with Gasteiger partial charge in [-0.3, -0.25) is 0 Å². The second kappa shape index (κ2) is 3.82. The molecule has 0 atom stereocenters. The largest absolute Gasteiger partial charge is 0.454 e. The summed E-state index contributed by atoms with van der Waals surface area (Å²) in [5.74, 6) is 2.58. The van der Waals surface area contributed by atoms with Crippen LogP contribution in [0.15, 0.2) is 40.8 Å². The summed E-state index contributed by atoms with van der Waals surface area (Å²) in [6, 6.07) is 11.7. The summed E-state index contributed by atoms with van der Waals surface area (Å²) >= 11 is 0. The van der Waals surface area contributed by atoms with Crippen LogP contribution in [0.25, 0.3) is 22.4 Å². The third-order valence-electron chi connectivity index (χ3n) is 3.38. The molecule has 1 saturated carbocycles. The Balaban J connectivity index is 1.86. The lowest BCUT2D eigenvalue weighted by Crippen LogP contribution is -1.99. The van der Waals surface area contributed by atoms with E-state index in [0.717, 1.165) is 41.1 Å². The number of benzene rings is 1. The molecule has 2 N–H and O–H groups in total. The van der Waals surface area contributed by atoms with E-state index in [2.05, 4.69) is 9.97 Å². The lowest BCUT2D eigenvalue weighted by molar-refractivity contribution is 0.627. The van der Waals surface area contributed by atoms with Crippen molar-refractivity contribution in [2.75, 3.05) is 5.73 Å². The Labute approximate surface area is 110 Å². The van der Waals surface area contributed by atoms with Crippen molar-refractivity contribution in [1.29, 1.82) is 0 Å². The van der Waals surface area contributed by atoms with Gasteiger partial charge in [0.1, 0.15) is 22.9 Å².